The van der Waals surface area contributed by atoms with Crippen LogP contribution in [0.3, 0.4) is 0 Å². The Kier molecular flexibility index (Phi) is 3.01. The number of hydrogen-bond donors (Lipinski definition) is 1. The first kappa shape index (κ1) is 10.4. The van der Waals surface area contributed by atoms with E-state index in [1.165, 1.54) is 6.20 Å². The lowest BCUT2D eigenvalue weighted by Crippen LogP contribution is -2.20. The van der Waals surface area contributed by atoms with E-state index in [1.54, 1.807) is 11.9 Å². The third-order valence-corrected chi connectivity index (χ3v) is 1.94. The minimum Gasteiger partial charge on any atom is -0.478 e. The Labute approximate surface area is 81.0 Å². The summed E-state index contributed by atoms with van der Waals surface area (Å²) in [6, 6.07) is 1.14. The number of carboxylic acids is 1. The summed E-state index contributed by atoms with van der Waals surface area (Å²) in [5.41, 5.74) is -0.352. The molecular weight excluding hydrogens is 187 g/mol. The molecule has 0 fully saturated rings. The predicted octanol–water partition coefficient (Wildman–Crippen LogP) is 1.38. The number of hydrogen-bond acceptors (Lipinski definition) is 3. The van der Waals surface area contributed by atoms with Gasteiger partial charge in [0.25, 0.3) is 0 Å². The van der Waals surface area contributed by atoms with Crippen molar-refractivity contribution >= 4 is 11.8 Å². The van der Waals surface area contributed by atoms with E-state index in [0.29, 0.717) is 6.54 Å². The number of pyridine rings is 1. The van der Waals surface area contributed by atoms with Crippen molar-refractivity contribution in [1.82, 2.24) is 4.98 Å². The molecule has 0 aliphatic carbocycles. The van der Waals surface area contributed by atoms with Crippen LogP contribution in [0.2, 0.25) is 0 Å². The van der Waals surface area contributed by atoms with Gasteiger partial charge in [0, 0.05) is 19.8 Å². The number of aromatic nitrogens is 1. The van der Waals surface area contributed by atoms with Gasteiger partial charge in [-0.2, -0.15) is 0 Å². The predicted molar refractivity (Wildman–Crippen MR) is 50.1 cm³/mol. The van der Waals surface area contributed by atoms with E-state index in [2.05, 4.69) is 4.98 Å². The molecular formula is C9H11FN2O2. The van der Waals surface area contributed by atoms with Crippen molar-refractivity contribution in [3.05, 3.63) is 23.6 Å². The molecule has 0 unspecified atom stereocenters. The van der Waals surface area contributed by atoms with Crippen LogP contribution in [0.1, 0.15) is 17.3 Å². The normalized spacial score (nSPS) is 9.93. The van der Waals surface area contributed by atoms with Crippen LogP contribution in [-0.4, -0.2) is 29.7 Å². The van der Waals surface area contributed by atoms with Crippen LogP contribution in [0.25, 0.3) is 0 Å². The summed E-state index contributed by atoms with van der Waals surface area (Å²) in [6.07, 6.45) is 1.29. The van der Waals surface area contributed by atoms with Crippen LogP contribution in [0.15, 0.2) is 12.3 Å². The number of rotatable bonds is 3. The van der Waals surface area contributed by atoms with E-state index in [0.717, 1.165) is 6.07 Å². The smallest absolute Gasteiger partial charge is 0.338 e. The third kappa shape index (κ3) is 1.81. The zero-order chi connectivity index (χ0) is 10.7. The quantitative estimate of drug-likeness (QED) is 0.797. The van der Waals surface area contributed by atoms with Crippen LogP contribution in [-0.2, 0) is 0 Å². The van der Waals surface area contributed by atoms with E-state index in [-0.39, 0.29) is 11.4 Å². The molecule has 1 aromatic heterocycles. The Bertz CT molecular complexity index is 355. The fraction of sp³-hybridized carbons (Fsp3) is 0.333. The third-order valence-electron chi connectivity index (χ3n) is 1.94. The number of carbonyl (C=O) groups is 1. The number of aromatic carboxylic acids is 1. The standard InChI is InChI=1S/C9H11FN2O2/c1-3-12(2)8-7(10)6(9(13)14)4-5-11-8/h4-5H,3H2,1-2H3,(H,13,14). The van der Waals surface area contributed by atoms with Gasteiger partial charge in [0.1, 0.15) is 5.56 Å². The fourth-order valence-corrected chi connectivity index (χ4v) is 1.01. The minimum absolute atomic E-state index is 0.0624. The van der Waals surface area contributed by atoms with Crippen molar-refractivity contribution in [2.75, 3.05) is 18.5 Å². The van der Waals surface area contributed by atoms with Gasteiger partial charge in [-0.05, 0) is 13.0 Å². The van der Waals surface area contributed by atoms with E-state index in [1.807, 2.05) is 6.92 Å². The van der Waals surface area contributed by atoms with Gasteiger partial charge < -0.3 is 10.0 Å². The van der Waals surface area contributed by atoms with Crippen LogP contribution in [0, 0.1) is 5.82 Å². The molecule has 0 bridgehead atoms. The highest BCUT2D eigenvalue weighted by Crippen LogP contribution is 2.17. The molecule has 0 saturated carbocycles. The molecule has 4 nitrogen and oxygen atoms in total. The van der Waals surface area contributed by atoms with Gasteiger partial charge >= 0.3 is 5.97 Å². The molecule has 0 aliphatic rings. The second-order valence-corrected chi connectivity index (χ2v) is 2.82. The maximum absolute atomic E-state index is 13.5. The number of nitrogens with zero attached hydrogens (tertiary/aromatic N) is 2. The first-order chi connectivity index (χ1) is 6.57. The zero-order valence-corrected chi connectivity index (χ0v) is 7.99. The van der Waals surface area contributed by atoms with Crippen molar-refractivity contribution in [2.45, 2.75) is 6.92 Å². The molecule has 0 radical (unpaired) electrons. The summed E-state index contributed by atoms with van der Waals surface area (Å²) in [5, 5.41) is 8.66. The highest BCUT2D eigenvalue weighted by atomic mass is 19.1. The zero-order valence-electron chi connectivity index (χ0n) is 7.99. The molecule has 1 N–H and O–H groups in total. The van der Waals surface area contributed by atoms with Gasteiger partial charge in [-0.3, -0.25) is 0 Å². The van der Waals surface area contributed by atoms with E-state index < -0.39 is 11.8 Å². The SMILES string of the molecule is CCN(C)c1nccc(C(=O)O)c1F. The van der Waals surface area contributed by atoms with Gasteiger partial charge in [-0.15, -0.1) is 0 Å². The van der Waals surface area contributed by atoms with Gasteiger partial charge in [0.15, 0.2) is 11.6 Å². The minimum atomic E-state index is -1.28. The largest absolute Gasteiger partial charge is 0.478 e. The molecule has 0 spiro atoms. The molecule has 76 valence electrons. The Morgan fingerprint density at radius 1 is 1.71 bits per heavy atom. The molecule has 1 rings (SSSR count). The van der Waals surface area contributed by atoms with Crippen LogP contribution in [0.4, 0.5) is 10.2 Å². The van der Waals surface area contributed by atoms with Crippen LogP contribution < -0.4 is 4.90 Å². The van der Waals surface area contributed by atoms with Crippen molar-refractivity contribution in [3.8, 4) is 0 Å². The summed E-state index contributed by atoms with van der Waals surface area (Å²) in [7, 11) is 1.65. The maximum Gasteiger partial charge on any atom is 0.338 e. The fourth-order valence-electron chi connectivity index (χ4n) is 1.01. The Morgan fingerprint density at radius 2 is 2.36 bits per heavy atom. The van der Waals surface area contributed by atoms with Crippen molar-refractivity contribution in [2.24, 2.45) is 0 Å². The van der Waals surface area contributed by atoms with Crippen LogP contribution >= 0.6 is 0 Å². The summed E-state index contributed by atoms with van der Waals surface area (Å²) in [4.78, 5) is 15.9. The second kappa shape index (κ2) is 4.04. The Morgan fingerprint density at radius 3 is 2.86 bits per heavy atom. The van der Waals surface area contributed by atoms with Crippen LogP contribution in [0.5, 0.6) is 0 Å². The summed E-state index contributed by atoms with van der Waals surface area (Å²) < 4.78 is 13.5. The first-order valence-corrected chi connectivity index (χ1v) is 4.16. The van der Waals surface area contributed by atoms with E-state index in [9.17, 15) is 9.18 Å². The average Bonchev–Trinajstić information content (AvgIpc) is 2.16. The highest BCUT2D eigenvalue weighted by Gasteiger charge is 2.16. The number of anilines is 1. The summed E-state index contributed by atoms with van der Waals surface area (Å²) in [5.74, 6) is -2.01. The number of carboxylic acid groups (broad SMARTS) is 1. The monoisotopic (exact) mass is 198 g/mol. The molecule has 14 heavy (non-hydrogen) atoms. The lowest BCUT2D eigenvalue weighted by atomic mass is 10.2. The molecule has 1 heterocycles. The summed E-state index contributed by atoms with van der Waals surface area (Å²) in [6.45, 7) is 2.39. The molecule has 1 aromatic rings. The molecule has 0 aromatic carbocycles. The molecule has 0 atom stereocenters. The van der Waals surface area contributed by atoms with Gasteiger partial charge in [0.05, 0.1) is 0 Å². The Balaban J connectivity index is 3.20. The average molecular weight is 198 g/mol. The van der Waals surface area contributed by atoms with E-state index >= 15 is 0 Å². The molecule has 0 amide bonds. The molecule has 0 saturated heterocycles. The van der Waals surface area contributed by atoms with Gasteiger partial charge in [-0.1, -0.05) is 0 Å². The maximum atomic E-state index is 13.5. The number of halogens is 1. The second-order valence-electron chi connectivity index (χ2n) is 2.82. The van der Waals surface area contributed by atoms with Gasteiger partial charge in [-0.25, -0.2) is 14.2 Å². The highest BCUT2D eigenvalue weighted by molar-refractivity contribution is 5.88. The summed E-state index contributed by atoms with van der Waals surface area (Å²) >= 11 is 0. The van der Waals surface area contributed by atoms with Crippen molar-refractivity contribution < 1.29 is 14.3 Å². The molecule has 0 aliphatic heterocycles. The molecule has 5 heteroatoms. The van der Waals surface area contributed by atoms with E-state index in [4.69, 9.17) is 5.11 Å². The van der Waals surface area contributed by atoms with Crippen molar-refractivity contribution in [1.29, 1.82) is 0 Å². The van der Waals surface area contributed by atoms with Gasteiger partial charge in [0.2, 0.25) is 0 Å². The Hall–Kier alpha value is -1.65. The lowest BCUT2D eigenvalue weighted by Gasteiger charge is -2.16. The topological polar surface area (TPSA) is 53.4 Å². The lowest BCUT2D eigenvalue weighted by molar-refractivity contribution is 0.0692. The first-order valence-electron chi connectivity index (χ1n) is 4.16. The van der Waals surface area contributed by atoms with Crippen molar-refractivity contribution in [3.63, 3.8) is 0 Å².